The molecule has 1 heterocycles. The number of ether oxygens (including phenoxy) is 2. The van der Waals surface area contributed by atoms with Crippen LogP contribution in [0.3, 0.4) is 0 Å². The summed E-state index contributed by atoms with van der Waals surface area (Å²) < 4.78 is 9.69. The summed E-state index contributed by atoms with van der Waals surface area (Å²) >= 11 is 0. The van der Waals surface area contributed by atoms with Gasteiger partial charge in [0, 0.05) is 7.11 Å². The smallest absolute Gasteiger partial charge is 0.220 e. The van der Waals surface area contributed by atoms with Gasteiger partial charge in [0.15, 0.2) is 0 Å². The van der Waals surface area contributed by atoms with Crippen molar-refractivity contribution in [1.82, 2.24) is 0 Å². The predicted molar refractivity (Wildman–Crippen MR) is 40.8 cm³/mol. The van der Waals surface area contributed by atoms with E-state index in [1.165, 1.54) is 7.11 Å². The highest BCUT2D eigenvalue weighted by Gasteiger charge is 2.49. The van der Waals surface area contributed by atoms with E-state index in [-0.39, 0.29) is 6.61 Å². The van der Waals surface area contributed by atoms with Crippen LogP contribution < -0.4 is 0 Å². The molecule has 13 heavy (non-hydrogen) atoms. The molecule has 0 aromatic rings. The third-order valence-corrected chi connectivity index (χ3v) is 2.23. The number of methoxy groups -OCH3 is 1. The van der Waals surface area contributed by atoms with E-state index in [2.05, 4.69) is 0 Å². The van der Waals surface area contributed by atoms with Crippen LogP contribution in [-0.2, 0) is 9.47 Å². The van der Waals surface area contributed by atoms with Crippen molar-refractivity contribution >= 4 is 0 Å². The molecule has 0 aromatic heterocycles. The van der Waals surface area contributed by atoms with Gasteiger partial charge in [-0.05, 0) is 0 Å². The molecule has 6 nitrogen and oxygen atoms in total. The topological polar surface area (TPSA) is 99.4 Å². The SMILES string of the molecule is CO[C@@]1(CO)OC[C@H](O)[C@@H](O)[C@H]1O. The molecule has 0 aliphatic carbocycles. The Kier molecular flexibility index (Phi) is 3.23. The minimum atomic E-state index is -1.63. The lowest BCUT2D eigenvalue weighted by molar-refractivity contribution is -0.340. The quantitative estimate of drug-likeness (QED) is 0.386. The third-order valence-electron chi connectivity index (χ3n) is 2.23. The number of hydrogen-bond donors (Lipinski definition) is 4. The Labute approximate surface area is 75.3 Å². The predicted octanol–water partition coefficient (Wildman–Crippen LogP) is -2.57. The van der Waals surface area contributed by atoms with Crippen molar-refractivity contribution < 1.29 is 29.9 Å². The summed E-state index contributed by atoms with van der Waals surface area (Å²) in [5.74, 6) is -1.63. The van der Waals surface area contributed by atoms with Gasteiger partial charge in [-0.25, -0.2) is 0 Å². The molecule has 1 fully saturated rings. The van der Waals surface area contributed by atoms with Gasteiger partial charge in [0.05, 0.1) is 6.61 Å². The van der Waals surface area contributed by atoms with Crippen molar-refractivity contribution in [2.75, 3.05) is 20.3 Å². The van der Waals surface area contributed by atoms with Crippen LogP contribution in [0, 0.1) is 0 Å². The van der Waals surface area contributed by atoms with E-state index in [1.54, 1.807) is 0 Å². The highest BCUT2D eigenvalue weighted by atomic mass is 16.7. The summed E-state index contributed by atoms with van der Waals surface area (Å²) in [5.41, 5.74) is 0. The van der Waals surface area contributed by atoms with Gasteiger partial charge in [-0.1, -0.05) is 0 Å². The van der Waals surface area contributed by atoms with Gasteiger partial charge in [-0.3, -0.25) is 0 Å². The first-order chi connectivity index (χ1) is 6.07. The Balaban J connectivity index is 2.77. The number of aliphatic hydroxyl groups is 4. The van der Waals surface area contributed by atoms with Crippen LogP contribution in [0.2, 0.25) is 0 Å². The molecule has 6 heteroatoms. The van der Waals surface area contributed by atoms with Gasteiger partial charge < -0.3 is 29.9 Å². The van der Waals surface area contributed by atoms with Crippen molar-refractivity contribution in [2.24, 2.45) is 0 Å². The highest BCUT2D eigenvalue weighted by Crippen LogP contribution is 2.26. The lowest BCUT2D eigenvalue weighted by Gasteiger charge is -2.42. The fourth-order valence-electron chi connectivity index (χ4n) is 1.26. The summed E-state index contributed by atoms with van der Waals surface area (Å²) in [7, 11) is 1.24. The lowest BCUT2D eigenvalue weighted by Crippen LogP contribution is -2.63. The molecule has 0 saturated carbocycles. The van der Waals surface area contributed by atoms with Crippen molar-refractivity contribution in [3.63, 3.8) is 0 Å². The fraction of sp³-hybridized carbons (Fsp3) is 1.00. The van der Waals surface area contributed by atoms with Crippen molar-refractivity contribution in [3.05, 3.63) is 0 Å². The van der Waals surface area contributed by atoms with Gasteiger partial charge in [0.25, 0.3) is 0 Å². The van der Waals surface area contributed by atoms with Gasteiger partial charge in [0.1, 0.15) is 24.9 Å². The van der Waals surface area contributed by atoms with E-state index in [4.69, 9.17) is 19.7 Å². The number of aliphatic hydroxyl groups excluding tert-OH is 4. The molecular weight excluding hydrogens is 180 g/mol. The Bertz CT molecular complexity index is 168. The summed E-state index contributed by atoms with van der Waals surface area (Å²) in [5, 5.41) is 36.7. The zero-order valence-electron chi connectivity index (χ0n) is 7.25. The van der Waals surface area contributed by atoms with Crippen molar-refractivity contribution in [3.8, 4) is 0 Å². The van der Waals surface area contributed by atoms with Crippen LogP contribution in [0.1, 0.15) is 0 Å². The van der Waals surface area contributed by atoms with Crippen LogP contribution in [0.4, 0.5) is 0 Å². The Hall–Kier alpha value is -0.240. The van der Waals surface area contributed by atoms with E-state index in [0.717, 1.165) is 0 Å². The molecular formula is C7H14O6. The second kappa shape index (κ2) is 3.87. The largest absolute Gasteiger partial charge is 0.391 e. The molecule has 0 amide bonds. The molecule has 78 valence electrons. The zero-order chi connectivity index (χ0) is 10.1. The minimum Gasteiger partial charge on any atom is -0.391 e. The number of hydrogen-bond acceptors (Lipinski definition) is 6. The minimum absolute atomic E-state index is 0.188. The fourth-order valence-corrected chi connectivity index (χ4v) is 1.26. The summed E-state index contributed by atoms with van der Waals surface area (Å²) in [6.45, 7) is -0.777. The normalized spacial score (nSPS) is 46.4. The molecule has 0 spiro atoms. The van der Waals surface area contributed by atoms with Crippen LogP contribution in [0.25, 0.3) is 0 Å². The van der Waals surface area contributed by atoms with Crippen LogP contribution in [0.15, 0.2) is 0 Å². The second-order valence-electron chi connectivity index (χ2n) is 2.99. The van der Waals surface area contributed by atoms with E-state index in [9.17, 15) is 10.2 Å². The first kappa shape index (κ1) is 10.8. The van der Waals surface area contributed by atoms with E-state index in [0.29, 0.717) is 0 Å². The lowest BCUT2D eigenvalue weighted by atomic mass is 9.97. The average Bonchev–Trinajstić information content (AvgIpc) is 2.16. The van der Waals surface area contributed by atoms with E-state index in [1.807, 2.05) is 0 Å². The molecule has 0 radical (unpaired) electrons. The van der Waals surface area contributed by atoms with Crippen molar-refractivity contribution in [1.29, 1.82) is 0 Å². The van der Waals surface area contributed by atoms with Gasteiger partial charge >= 0.3 is 0 Å². The second-order valence-corrected chi connectivity index (χ2v) is 2.99. The molecule has 1 aliphatic rings. The summed E-state index contributed by atoms with van der Waals surface area (Å²) in [6, 6.07) is 0. The zero-order valence-corrected chi connectivity index (χ0v) is 7.25. The summed E-state index contributed by atoms with van der Waals surface area (Å²) in [4.78, 5) is 0. The standard InChI is InChI=1S/C7H14O6/c1-12-7(3-8)6(11)5(10)4(9)2-13-7/h4-6,8-11H,2-3H2,1H3/t4-,5+,6+,7-/m0/s1. The molecule has 1 aliphatic heterocycles. The van der Waals surface area contributed by atoms with Gasteiger partial charge in [-0.2, -0.15) is 0 Å². The highest BCUT2D eigenvalue weighted by molar-refractivity contribution is 4.92. The monoisotopic (exact) mass is 194 g/mol. The maximum Gasteiger partial charge on any atom is 0.220 e. The van der Waals surface area contributed by atoms with E-state index >= 15 is 0 Å². The molecule has 4 N–H and O–H groups in total. The maximum atomic E-state index is 9.44. The van der Waals surface area contributed by atoms with Crippen molar-refractivity contribution in [2.45, 2.75) is 24.1 Å². The first-order valence-electron chi connectivity index (χ1n) is 3.91. The molecule has 0 aromatic carbocycles. The van der Waals surface area contributed by atoms with Crippen LogP contribution in [0.5, 0.6) is 0 Å². The molecule has 0 unspecified atom stereocenters. The third kappa shape index (κ3) is 1.69. The van der Waals surface area contributed by atoms with Gasteiger partial charge in [-0.15, -0.1) is 0 Å². The number of rotatable bonds is 2. The first-order valence-corrected chi connectivity index (χ1v) is 3.91. The summed E-state index contributed by atoms with van der Waals surface area (Å²) in [6.07, 6.45) is -4.00. The Morgan fingerprint density at radius 3 is 2.54 bits per heavy atom. The van der Waals surface area contributed by atoms with Crippen LogP contribution in [-0.4, -0.2) is 64.8 Å². The molecule has 1 saturated heterocycles. The molecule has 4 atom stereocenters. The van der Waals surface area contributed by atoms with Gasteiger partial charge in [0.2, 0.25) is 5.79 Å². The molecule has 1 rings (SSSR count). The maximum absolute atomic E-state index is 9.44. The molecule has 0 bridgehead atoms. The van der Waals surface area contributed by atoms with Crippen LogP contribution >= 0.6 is 0 Å². The average molecular weight is 194 g/mol. The Morgan fingerprint density at radius 1 is 1.46 bits per heavy atom. The van der Waals surface area contributed by atoms with E-state index < -0.39 is 30.7 Å². The Morgan fingerprint density at radius 2 is 2.08 bits per heavy atom.